The van der Waals surface area contributed by atoms with E-state index in [-0.39, 0.29) is 11.5 Å². The maximum Gasteiger partial charge on any atom is 0.326 e. The Morgan fingerprint density at radius 2 is 2.05 bits per heavy atom. The van der Waals surface area contributed by atoms with E-state index in [1.54, 1.807) is 6.07 Å². The molecule has 0 aromatic heterocycles. The fraction of sp³-hybridized carbons (Fsp3) is 0.429. The predicted molar refractivity (Wildman–Crippen MR) is 75.8 cm³/mol. The summed E-state index contributed by atoms with van der Waals surface area (Å²) in [6.07, 6.45) is 0.359. The summed E-state index contributed by atoms with van der Waals surface area (Å²) in [7, 11) is 1.42. The highest BCUT2D eigenvalue weighted by molar-refractivity contribution is 5.99. The van der Waals surface area contributed by atoms with Gasteiger partial charge in [-0.05, 0) is 24.5 Å². The third-order valence-electron chi connectivity index (χ3n) is 2.78. The topological polar surface area (TPSA) is 102 Å². The van der Waals surface area contributed by atoms with Crippen LogP contribution >= 0.6 is 0 Å². The number of carboxylic acids is 1. The van der Waals surface area contributed by atoms with Gasteiger partial charge in [0.1, 0.15) is 11.8 Å². The molecule has 0 saturated carbocycles. The molecule has 0 bridgehead atoms. The van der Waals surface area contributed by atoms with Crippen LogP contribution in [-0.4, -0.2) is 30.1 Å². The summed E-state index contributed by atoms with van der Waals surface area (Å²) in [5, 5.41) is 11.6. The Bertz CT molecular complexity index is 500. The van der Waals surface area contributed by atoms with Crippen LogP contribution in [0.1, 0.15) is 30.6 Å². The quantitative estimate of drug-likeness (QED) is 0.685. The maximum atomic E-state index is 12.1. The number of amides is 1. The van der Waals surface area contributed by atoms with Gasteiger partial charge in [-0.1, -0.05) is 13.8 Å². The number of aliphatic carboxylic acids is 1. The van der Waals surface area contributed by atoms with Gasteiger partial charge < -0.3 is 20.9 Å². The monoisotopic (exact) mass is 280 g/mol. The molecule has 0 radical (unpaired) electrons. The maximum absolute atomic E-state index is 12.1. The first-order valence-corrected chi connectivity index (χ1v) is 6.32. The van der Waals surface area contributed by atoms with Crippen molar-refractivity contribution in [1.82, 2.24) is 5.32 Å². The van der Waals surface area contributed by atoms with E-state index in [0.29, 0.717) is 17.9 Å². The Morgan fingerprint density at radius 1 is 1.40 bits per heavy atom. The Kier molecular flexibility index (Phi) is 5.37. The van der Waals surface area contributed by atoms with Crippen LogP contribution < -0.4 is 15.8 Å². The van der Waals surface area contributed by atoms with Gasteiger partial charge in [0.05, 0.1) is 12.7 Å². The van der Waals surface area contributed by atoms with Crippen molar-refractivity contribution >= 4 is 17.6 Å². The molecule has 110 valence electrons. The molecule has 20 heavy (non-hydrogen) atoms. The van der Waals surface area contributed by atoms with E-state index in [2.05, 4.69) is 5.32 Å². The van der Waals surface area contributed by atoms with Gasteiger partial charge in [-0.2, -0.15) is 0 Å². The Labute approximate surface area is 117 Å². The third-order valence-corrected chi connectivity index (χ3v) is 2.78. The molecule has 6 nitrogen and oxygen atoms in total. The lowest BCUT2D eigenvalue weighted by Gasteiger charge is -2.17. The molecule has 0 heterocycles. The lowest BCUT2D eigenvalue weighted by atomic mass is 10.0. The Balaban J connectivity index is 2.91. The predicted octanol–water partition coefficient (Wildman–Crippen LogP) is 1.51. The molecule has 1 unspecified atom stereocenters. The highest BCUT2D eigenvalue weighted by Gasteiger charge is 2.23. The number of rotatable bonds is 6. The summed E-state index contributed by atoms with van der Waals surface area (Å²) in [4.78, 5) is 23.3. The molecular formula is C14H20N2O4. The van der Waals surface area contributed by atoms with Crippen molar-refractivity contribution in [2.45, 2.75) is 26.3 Å². The molecule has 0 spiro atoms. The fourth-order valence-electron chi connectivity index (χ4n) is 1.82. The van der Waals surface area contributed by atoms with Crippen LogP contribution in [0.2, 0.25) is 0 Å². The highest BCUT2D eigenvalue weighted by Crippen LogP contribution is 2.21. The van der Waals surface area contributed by atoms with Gasteiger partial charge in [0.25, 0.3) is 5.91 Å². The van der Waals surface area contributed by atoms with Crippen molar-refractivity contribution in [2.24, 2.45) is 5.92 Å². The van der Waals surface area contributed by atoms with Gasteiger partial charge >= 0.3 is 5.97 Å². The number of nitrogen functional groups attached to an aromatic ring is 1. The summed E-state index contributed by atoms with van der Waals surface area (Å²) in [6, 6.07) is 3.67. The van der Waals surface area contributed by atoms with E-state index in [4.69, 9.17) is 15.6 Å². The van der Waals surface area contributed by atoms with E-state index in [1.807, 2.05) is 13.8 Å². The van der Waals surface area contributed by atoms with Crippen molar-refractivity contribution in [3.05, 3.63) is 23.8 Å². The van der Waals surface area contributed by atoms with Crippen molar-refractivity contribution in [1.29, 1.82) is 0 Å². The molecule has 1 atom stereocenters. The van der Waals surface area contributed by atoms with Gasteiger partial charge in [-0.3, -0.25) is 4.79 Å². The summed E-state index contributed by atoms with van der Waals surface area (Å²) in [5.41, 5.74) is 6.34. The average Bonchev–Trinajstić information content (AvgIpc) is 2.36. The van der Waals surface area contributed by atoms with Crippen molar-refractivity contribution in [3.8, 4) is 5.75 Å². The number of carboxylic acid groups (broad SMARTS) is 1. The van der Waals surface area contributed by atoms with E-state index < -0.39 is 17.9 Å². The lowest BCUT2D eigenvalue weighted by Crippen LogP contribution is -2.41. The second-order valence-electron chi connectivity index (χ2n) is 4.95. The first-order chi connectivity index (χ1) is 9.35. The van der Waals surface area contributed by atoms with E-state index >= 15 is 0 Å². The van der Waals surface area contributed by atoms with E-state index in [0.717, 1.165) is 0 Å². The third kappa shape index (κ3) is 4.15. The number of ether oxygens (including phenoxy) is 1. The summed E-state index contributed by atoms with van der Waals surface area (Å²) >= 11 is 0. The van der Waals surface area contributed by atoms with Gasteiger partial charge in [0, 0.05) is 11.8 Å². The zero-order chi connectivity index (χ0) is 15.3. The van der Waals surface area contributed by atoms with Crippen molar-refractivity contribution in [2.75, 3.05) is 12.8 Å². The molecule has 0 aliphatic heterocycles. The number of carbonyl (C=O) groups is 2. The molecule has 0 saturated heterocycles. The van der Waals surface area contributed by atoms with Crippen LogP contribution in [0.25, 0.3) is 0 Å². The average molecular weight is 280 g/mol. The van der Waals surface area contributed by atoms with Gasteiger partial charge in [0.15, 0.2) is 0 Å². The number of methoxy groups -OCH3 is 1. The first kappa shape index (κ1) is 15.8. The molecular weight excluding hydrogens is 260 g/mol. The van der Waals surface area contributed by atoms with Gasteiger partial charge in [-0.15, -0.1) is 0 Å². The van der Waals surface area contributed by atoms with Crippen LogP contribution in [-0.2, 0) is 4.79 Å². The molecule has 0 fully saturated rings. The van der Waals surface area contributed by atoms with Crippen LogP contribution in [0.15, 0.2) is 18.2 Å². The van der Waals surface area contributed by atoms with E-state index in [1.165, 1.54) is 19.2 Å². The first-order valence-electron chi connectivity index (χ1n) is 6.32. The highest BCUT2D eigenvalue weighted by atomic mass is 16.5. The number of hydrogen-bond acceptors (Lipinski definition) is 4. The summed E-state index contributed by atoms with van der Waals surface area (Å²) in [6.45, 7) is 3.79. The summed E-state index contributed by atoms with van der Waals surface area (Å²) < 4.78 is 5.08. The number of nitrogens with one attached hydrogen (secondary N) is 1. The molecule has 1 aromatic carbocycles. The second kappa shape index (κ2) is 6.79. The fourth-order valence-corrected chi connectivity index (χ4v) is 1.82. The Morgan fingerprint density at radius 3 is 2.55 bits per heavy atom. The number of benzene rings is 1. The SMILES string of the molecule is COc1cc(N)ccc1C(=O)NC(CC(C)C)C(=O)O. The van der Waals surface area contributed by atoms with E-state index in [9.17, 15) is 9.59 Å². The number of nitrogens with two attached hydrogens (primary N) is 1. The van der Waals surface area contributed by atoms with Crippen LogP contribution in [0.4, 0.5) is 5.69 Å². The normalized spacial score (nSPS) is 12.0. The number of hydrogen-bond donors (Lipinski definition) is 3. The van der Waals surface area contributed by atoms with Crippen molar-refractivity contribution in [3.63, 3.8) is 0 Å². The number of anilines is 1. The molecule has 6 heteroatoms. The minimum Gasteiger partial charge on any atom is -0.496 e. The lowest BCUT2D eigenvalue weighted by molar-refractivity contribution is -0.139. The zero-order valence-corrected chi connectivity index (χ0v) is 11.8. The van der Waals surface area contributed by atoms with Crippen molar-refractivity contribution < 1.29 is 19.4 Å². The van der Waals surface area contributed by atoms with Gasteiger partial charge in [-0.25, -0.2) is 4.79 Å². The second-order valence-corrected chi connectivity index (χ2v) is 4.95. The van der Waals surface area contributed by atoms with Gasteiger partial charge in [0.2, 0.25) is 0 Å². The molecule has 4 N–H and O–H groups in total. The molecule has 1 amide bonds. The van der Waals surface area contributed by atoms with Crippen LogP contribution in [0, 0.1) is 5.92 Å². The van der Waals surface area contributed by atoms with Crippen LogP contribution in [0.3, 0.4) is 0 Å². The summed E-state index contributed by atoms with van der Waals surface area (Å²) in [5.74, 6) is -1.07. The molecule has 1 aromatic rings. The molecule has 0 aliphatic rings. The van der Waals surface area contributed by atoms with Crippen LogP contribution in [0.5, 0.6) is 5.75 Å². The largest absolute Gasteiger partial charge is 0.496 e. The zero-order valence-electron chi connectivity index (χ0n) is 11.8. The molecule has 1 rings (SSSR count). The smallest absolute Gasteiger partial charge is 0.326 e. The molecule has 0 aliphatic carbocycles. The standard InChI is InChI=1S/C14H20N2O4/c1-8(2)6-11(14(18)19)16-13(17)10-5-4-9(15)7-12(10)20-3/h4-5,7-8,11H,6,15H2,1-3H3,(H,16,17)(H,18,19). The number of carbonyl (C=O) groups excluding carboxylic acids is 1. The Hall–Kier alpha value is -2.24. The minimum atomic E-state index is -1.05. The minimum absolute atomic E-state index is 0.157.